The summed E-state index contributed by atoms with van der Waals surface area (Å²) in [6, 6.07) is 16.8. The van der Waals surface area contributed by atoms with E-state index in [4.69, 9.17) is 10.00 Å². The van der Waals surface area contributed by atoms with Gasteiger partial charge in [0.05, 0.1) is 27.9 Å². The fourth-order valence-electron chi connectivity index (χ4n) is 3.03. The van der Waals surface area contributed by atoms with Gasteiger partial charge < -0.3 is 9.30 Å². The highest BCUT2D eigenvalue weighted by molar-refractivity contribution is 8.03. The van der Waals surface area contributed by atoms with E-state index in [1.54, 1.807) is 66.2 Å². The van der Waals surface area contributed by atoms with E-state index in [2.05, 4.69) is 0 Å². The van der Waals surface area contributed by atoms with Crippen LogP contribution < -0.4 is 4.31 Å². The van der Waals surface area contributed by atoms with E-state index in [0.29, 0.717) is 16.4 Å². The van der Waals surface area contributed by atoms with Crippen molar-refractivity contribution in [3.8, 4) is 11.1 Å². The van der Waals surface area contributed by atoms with Gasteiger partial charge in [0.15, 0.2) is 0 Å². The molecule has 0 bridgehead atoms. The van der Waals surface area contributed by atoms with Gasteiger partial charge in [-0.15, -0.1) is 0 Å². The summed E-state index contributed by atoms with van der Waals surface area (Å²) in [7, 11) is -4.08. The van der Waals surface area contributed by atoms with Crippen molar-refractivity contribution >= 4 is 33.4 Å². The van der Waals surface area contributed by atoms with E-state index in [1.807, 2.05) is 12.3 Å². The lowest BCUT2D eigenvalue weighted by Gasteiger charge is -2.26. The number of anilines is 1. The van der Waals surface area contributed by atoms with Crippen LogP contribution >= 0.6 is 11.8 Å². The van der Waals surface area contributed by atoms with Crippen molar-refractivity contribution in [3.63, 3.8) is 0 Å². The largest absolute Gasteiger partial charge is 0.465 e. The minimum absolute atomic E-state index is 0.0660. The molecule has 2 aromatic carbocycles. The van der Waals surface area contributed by atoms with E-state index in [0.717, 1.165) is 21.6 Å². The van der Waals surface area contributed by atoms with Gasteiger partial charge >= 0.3 is 5.97 Å². The molecule has 0 aliphatic heterocycles. The second kappa shape index (κ2) is 9.73. The number of nitrogens with zero attached hydrogens (tertiary/aromatic N) is 3. The Morgan fingerprint density at radius 1 is 1.13 bits per heavy atom. The van der Waals surface area contributed by atoms with Crippen LogP contribution in [0.5, 0.6) is 0 Å². The van der Waals surface area contributed by atoms with Crippen molar-refractivity contribution in [2.75, 3.05) is 17.5 Å². The Morgan fingerprint density at radius 2 is 1.84 bits per heavy atom. The van der Waals surface area contributed by atoms with Gasteiger partial charge in [-0.05, 0) is 50.2 Å². The number of nitriles is 1. The van der Waals surface area contributed by atoms with Gasteiger partial charge in [0.2, 0.25) is 0 Å². The second-order valence-electron chi connectivity index (χ2n) is 6.53. The van der Waals surface area contributed by atoms with Gasteiger partial charge in [-0.25, -0.2) is 8.42 Å². The van der Waals surface area contributed by atoms with Crippen LogP contribution in [0.4, 0.5) is 5.69 Å². The van der Waals surface area contributed by atoms with Gasteiger partial charge in [-0.3, -0.25) is 9.10 Å². The Hall–Kier alpha value is -3.22. The Bertz CT molecular complexity index is 1210. The lowest BCUT2D eigenvalue weighted by Crippen LogP contribution is -2.37. The zero-order chi connectivity index (χ0) is 22.4. The quantitative estimate of drug-likeness (QED) is 0.288. The van der Waals surface area contributed by atoms with Gasteiger partial charge in [-0.1, -0.05) is 29.8 Å². The number of carbonyl (C=O) groups excluding carboxylic acids is 1. The minimum Gasteiger partial charge on any atom is -0.465 e. The fraction of sp³-hybridized carbons (Fsp3) is 0.182. The summed E-state index contributed by atoms with van der Waals surface area (Å²) in [5, 5.41) is 11.8. The van der Waals surface area contributed by atoms with Gasteiger partial charge in [-0.2, -0.15) is 5.26 Å². The highest BCUT2D eigenvalue weighted by Crippen LogP contribution is 2.32. The monoisotopic (exact) mass is 455 g/mol. The van der Waals surface area contributed by atoms with Crippen LogP contribution in [0, 0.1) is 17.6 Å². The average molecular weight is 456 g/mol. The molecule has 0 aliphatic rings. The number of aromatic nitrogens is 1. The molecule has 7 nitrogen and oxygen atoms in total. The number of esters is 1. The smallest absolute Gasteiger partial charge is 0.326 e. The summed E-state index contributed by atoms with van der Waals surface area (Å²) in [4.78, 5) is 12.4. The molecule has 0 radical (unpaired) electrons. The number of rotatable bonds is 8. The number of ether oxygens (including phenoxy) is 1. The maximum absolute atomic E-state index is 13.6. The highest BCUT2D eigenvalue weighted by atomic mass is 32.2. The first-order valence-electron chi connectivity index (χ1n) is 9.46. The third kappa shape index (κ3) is 4.93. The predicted octanol–water partition coefficient (Wildman–Crippen LogP) is 4.12. The summed E-state index contributed by atoms with van der Waals surface area (Å²) in [6.45, 7) is 3.18. The van der Waals surface area contributed by atoms with Crippen LogP contribution in [-0.4, -0.2) is 32.1 Å². The number of carbonyl (C=O) groups is 1. The third-order valence-corrected chi connectivity index (χ3v) is 6.87. The first kappa shape index (κ1) is 22.5. The summed E-state index contributed by atoms with van der Waals surface area (Å²) in [5.41, 5.74) is 1.74. The minimum atomic E-state index is -4.08. The highest BCUT2D eigenvalue weighted by Gasteiger charge is 2.30. The number of hydrogen-bond donors (Lipinski definition) is 0. The molecule has 0 saturated heterocycles. The molecule has 0 unspecified atom stereocenters. The zero-order valence-electron chi connectivity index (χ0n) is 17.1. The molecule has 160 valence electrons. The normalized spacial score (nSPS) is 11.0. The number of benzene rings is 2. The second-order valence-corrected chi connectivity index (χ2v) is 9.20. The number of hydrogen-bond acceptors (Lipinski definition) is 6. The van der Waals surface area contributed by atoms with Gasteiger partial charge in [0.1, 0.15) is 11.9 Å². The van der Waals surface area contributed by atoms with E-state index in [9.17, 15) is 13.2 Å². The standard InChI is InChI=1S/C22H21N3O4S2/c1-3-29-22(26)15-25(31(27,28)18-12-10-17(2)11-13-18)20-8-5-4-7-19(20)24-14-6-9-21(24)30-16-23/h4-14H,3,15H2,1-2H3. The molecule has 9 heteroatoms. The number of thioether (sulfide) groups is 1. The van der Waals surface area contributed by atoms with Crippen molar-refractivity contribution in [1.82, 2.24) is 4.57 Å². The molecule has 3 aromatic rings. The molecule has 0 fully saturated rings. The lowest BCUT2D eigenvalue weighted by molar-refractivity contribution is -0.141. The fourth-order valence-corrected chi connectivity index (χ4v) is 4.95. The number of aryl methyl sites for hydroxylation is 1. The lowest BCUT2D eigenvalue weighted by atomic mass is 10.2. The Balaban J connectivity index is 2.17. The Labute approximate surface area is 185 Å². The molecule has 0 atom stereocenters. The number of sulfonamides is 1. The van der Waals surface area contributed by atoms with Crippen LogP contribution in [0.2, 0.25) is 0 Å². The molecule has 0 spiro atoms. The van der Waals surface area contributed by atoms with Crippen LogP contribution in [-0.2, 0) is 19.6 Å². The van der Waals surface area contributed by atoms with Crippen molar-refractivity contribution in [1.29, 1.82) is 5.26 Å². The molecule has 1 aromatic heterocycles. The Morgan fingerprint density at radius 3 is 2.52 bits per heavy atom. The maximum Gasteiger partial charge on any atom is 0.326 e. The van der Waals surface area contributed by atoms with E-state index >= 15 is 0 Å². The SMILES string of the molecule is CCOC(=O)CN(c1ccccc1-n1cccc1SC#N)S(=O)(=O)c1ccc(C)cc1. The number of para-hydroxylation sites is 2. The maximum atomic E-state index is 13.6. The molecule has 0 saturated carbocycles. The summed E-state index contributed by atoms with van der Waals surface area (Å²) < 4.78 is 34.9. The summed E-state index contributed by atoms with van der Waals surface area (Å²) in [5.74, 6) is -0.660. The van der Waals surface area contributed by atoms with Crippen LogP contribution in [0.25, 0.3) is 5.69 Å². The molecule has 1 heterocycles. The molecule has 0 amide bonds. The molecular formula is C22H21N3O4S2. The molecule has 0 aliphatic carbocycles. The van der Waals surface area contributed by atoms with Crippen LogP contribution in [0.15, 0.2) is 76.8 Å². The molecule has 0 N–H and O–H groups in total. The topological polar surface area (TPSA) is 92.4 Å². The predicted molar refractivity (Wildman–Crippen MR) is 120 cm³/mol. The van der Waals surface area contributed by atoms with Gasteiger partial charge in [0.25, 0.3) is 10.0 Å². The molecule has 31 heavy (non-hydrogen) atoms. The van der Waals surface area contributed by atoms with Crippen molar-refractivity contribution in [3.05, 3.63) is 72.4 Å². The molecule has 3 rings (SSSR count). The summed E-state index contributed by atoms with van der Waals surface area (Å²) >= 11 is 0.960. The van der Waals surface area contributed by atoms with Crippen molar-refractivity contribution < 1.29 is 17.9 Å². The first-order chi connectivity index (χ1) is 14.9. The van der Waals surface area contributed by atoms with Crippen molar-refractivity contribution in [2.45, 2.75) is 23.8 Å². The zero-order valence-corrected chi connectivity index (χ0v) is 18.7. The van der Waals surface area contributed by atoms with E-state index in [1.165, 1.54) is 12.1 Å². The van der Waals surface area contributed by atoms with E-state index in [-0.39, 0.29) is 11.5 Å². The summed E-state index contributed by atoms with van der Waals surface area (Å²) in [6.07, 6.45) is 1.74. The molecular weight excluding hydrogens is 434 g/mol. The third-order valence-electron chi connectivity index (χ3n) is 4.46. The number of thiocyanates is 1. The van der Waals surface area contributed by atoms with Gasteiger partial charge in [0, 0.05) is 18.0 Å². The van der Waals surface area contributed by atoms with E-state index < -0.39 is 22.5 Å². The van der Waals surface area contributed by atoms with Crippen molar-refractivity contribution in [2.24, 2.45) is 0 Å². The Kier molecular flexibility index (Phi) is 7.05. The first-order valence-corrected chi connectivity index (χ1v) is 11.7. The average Bonchev–Trinajstić information content (AvgIpc) is 3.21. The van der Waals surface area contributed by atoms with Crippen LogP contribution in [0.1, 0.15) is 12.5 Å². The van der Waals surface area contributed by atoms with Crippen LogP contribution in [0.3, 0.4) is 0 Å².